The molecule has 6 nitrogen and oxygen atoms in total. The van der Waals surface area contributed by atoms with E-state index in [-0.39, 0.29) is 11.9 Å². The van der Waals surface area contributed by atoms with Gasteiger partial charge in [0.05, 0.1) is 12.5 Å². The molecule has 1 aromatic carbocycles. The molecule has 4 rings (SSSR count). The van der Waals surface area contributed by atoms with Crippen LogP contribution in [0.2, 0.25) is 0 Å². The summed E-state index contributed by atoms with van der Waals surface area (Å²) in [6.07, 6.45) is 11.6. The number of benzene rings is 1. The number of allylic oxidation sites excluding steroid dienone is 1. The van der Waals surface area contributed by atoms with E-state index in [9.17, 15) is 4.79 Å². The fourth-order valence-corrected chi connectivity index (χ4v) is 4.04. The van der Waals surface area contributed by atoms with Crippen molar-refractivity contribution in [2.75, 3.05) is 25.1 Å². The van der Waals surface area contributed by atoms with E-state index >= 15 is 0 Å². The molecular weight excluding hydrogens is 352 g/mol. The lowest BCUT2D eigenvalue weighted by molar-refractivity contribution is -0.133. The lowest BCUT2D eigenvalue weighted by atomic mass is 9.73. The van der Waals surface area contributed by atoms with Gasteiger partial charge in [-0.05, 0) is 49.4 Å². The number of amides is 1. The molecule has 1 aliphatic carbocycles. The van der Waals surface area contributed by atoms with Crippen molar-refractivity contribution in [1.29, 1.82) is 0 Å². The Morgan fingerprint density at radius 3 is 2.82 bits per heavy atom. The minimum Gasteiger partial charge on any atom is -0.497 e. The monoisotopic (exact) mass is 378 g/mol. The maximum absolute atomic E-state index is 13.3. The maximum Gasteiger partial charge on any atom is 0.230 e. The predicted octanol–water partition coefficient (Wildman–Crippen LogP) is 2.76. The van der Waals surface area contributed by atoms with E-state index in [1.54, 1.807) is 25.6 Å². The van der Waals surface area contributed by atoms with Crippen LogP contribution in [0, 0.1) is 5.41 Å². The molecule has 0 radical (unpaired) electrons. The summed E-state index contributed by atoms with van der Waals surface area (Å²) < 4.78 is 5.35. The van der Waals surface area contributed by atoms with Gasteiger partial charge in [0, 0.05) is 31.5 Å². The molecule has 1 aliphatic heterocycles. The van der Waals surface area contributed by atoms with E-state index in [1.165, 1.54) is 0 Å². The quantitative estimate of drug-likeness (QED) is 0.783. The van der Waals surface area contributed by atoms with Gasteiger partial charge in [-0.3, -0.25) is 4.79 Å². The first-order valence-electron chi connectivity index (χ1n) is 9.81. The zero-order valence-electron chi connectivity index (χ0n) is 16.2. The highest BCUT2D eigenvalue weighted by molar-refractivity contribution is 5.86. The molecule has 1 aromatic heterocycles. The van der Waals surface area contributed by atoms with Gasteiger partial charge in [-0.25, -0.2) is 9.97 Å². The van der Waals surface area contributed by atoms with Crippen LogP contribution in [0.4, 0.5) is 5.95 Å². The summed E-state index contributed by atoms with van der Waals surface area (Å²) in [4.78, 5) is 24.0. The van der Waals surface area contributed by atoms with Crippen LogP contribution in [0.15, 0.2) is 54.9 Å². The highest BCUT2D eigenvalue weighted by Crippen LogP contribution is 2.37. The summed E-state index contributed by atoms with van der Waals surface area (Å²) in [5.41, 5.74) is 0.610. The zero-order valence-corrected chi connectivity index (χ0v) is 16.2. The third-order valence-corrected chi connectivity index (χ3v) is 5.55. The molecule has 2 aliphatic rings. The van der Waals surface area contributed by atoms with E-state index in [0.717, 1.165) is 30.6 Å². The Morgan fingerprint density at radius 1 is 1.29 bits per heavy atom. The number of hydrogen-bond acceptors (Lipinski definition) is 5. The van der Waals surface area contributed by atoms with E-state index in [4.69, 9.17) is 4.74 Å². The third kappa shape index (κ3) is 3.86. The number of carbonyl (C=O) groups is 1. The first kappa shape index (κ1) is 18.5. The van der Waals surface area contributed by atoms with Gasteiger partial charge < -0.3 is 15.0 Å². The number of carbonyl (C=O) groups excluding carboxylic acids is 1. The normalized spacial score (nSPS) is 20.3. The average molecular weight is 378 g/mol. The van der Waals surface area contributed by atoms with E-state index in [2.05, 4.69) is 38.4 Å². The van der Waals surface area contributed by atoms with Gasteiger partial charge >= 0.3 is 0 Å². The number of aromatic nitrogens is 2. The molecule has 1 N–H and O–H groups in total. The van der Waals surface area contributed by atoms with Crippen molar-refractivity contribution in [2.24, 2.45) is 5.41 Å². The summed E-state index contributed by atoms with van der Waals surface area (Å²) in [7, 11) is 1.66. The first-order chi connectivity index (χ1) is 13.7. The molecule has 28 heavy (non-hydrogen) atoms. The van der Waals surface area contributed by atoms with Gasteiger partial charge in [0.1, 0.15) is 5.75 Å². The van der Waals surface area contributed by atoms with Crippen LogP contribution in [0.3, 0.4) is 0 Å². The summed E-state index contributed by atoms with van der Waals surface area (Å²) in [6.45, 7) is 1.22. The Bertz CT molecular complexity index is 847. The predicted molar refractivity (Wildman–Crippen MR) is 108 cm³/mol. The SMILES string of the molecule is COc1cccc(CC2(C(=O)NC3C=CCCC3)CN(c3ncccn3)C2)c1. The second-order valence-electron chi connectivity index (χ2n) is 7.65. The number of hydrogen-bond donors (Lipinski definition) is 1. The van der Waals surface area contributed by atoms with Crippen molar-refractivity contribution < 1.29 is 9.53 Å². The van der Waals surface area contributed by atoms with Crippen molar-refractivity contribution >= 4 is 11.9 Å². The fourth-order valence-electron chi connectivity index (χ4n) is 4.04. The Labute approximate surface area is 165 Å². The highest BCUT2D eigenvalue weighted by atomic mass is 16.5. The van der Waals surface area contributed by atoms with Gasteiger partial charge in [0.15, 0.2) is 0 Å². The molecule has 1 atom stereocenters. The van der Waals surface area contributed by atoms with E-state index in [0.29, 0.717) is 25.5 Å². The summed E-state index contributed by atoms with van der Waals surface area (Å²) >= 11 is 0. The number of anilines is 1. The lowest BCUT2D eigenvalue weighted by Crippen LogP contribution is -2.65. The molecule has 0 spiro atoms. The van der Waals surface area contributed by atoms with Crippen molar-refractivity contribution in [3.05, 3.63) is 60.4 Å². The average Bonchev–Trinajstić information content (AvgIpc) is 2.72. The molecule has 1 fully saturated rings. The minimum absolute atomic E-state index is 0.110. The highest BCUT2D eigenvalue weighted by Gasteiger charge is 2.50. The largest absolute Gasteiger partial charge is 0.497 e. The number of nitrogens with zero attached hydrogens (tertiary/aromatic N) is 3. The second kappa shape index (κ2) is 8.00. The van der Waals surface area contributed by atoms with Gasteiger partial charge in [-0.2, -0.15) is 0 Å². The maximum atomic E-state index is 13.3. The molecule has 1 unspecified atom stereocenters. The first-order valence-corrected chi connectivity index (χ1v) is 9.81. The summed E-state index contributed by atoms with van der Waals surface area (Å²) in [5, 5.41) is 3.26. The number of rotatable bonds is 6. The molecule has 1 saturated heterocycles. The van der Waals surface area contributed by atoms with E-state index in [1.807, 2.05) is 18.2 Å². The van der Waals surface area contributed by atoms with E-state index < -0.39 is 5.41 Å². The van der Waals surface area contributed by atoms with Crippen molar-refractivity contribution in [1.82, 2.24) is 15.3 Å². The number of nitrogens with one attached hydrogen (secondary N) is 1. The number of methoxy groups -OCH3 is 1. The third-order valence-electron chi connectivity index (χ3n) is 5.55. The Kier molecular flexibility index (Phi) is 5.28. The van der Waals surface area contributed by atoms with Gasteiger partial charge in [-0.15, -0.1) is 0 Å². The molecule has 146 valence electrons. The minimum atomic E-state index is -0.489. The van der Waals surface area contributed by atoms with Crippen LogP contribution < -0.4 is 15.0 Å². The molecule has 0 bridgehead atoms. The fraction of sp³-hybridized carbons (Fsp3) is 0.409. The molecule has 6 heteroatoms. The molecule has 1 amide bonds. The van der Waals surface area contributed by atoms with Gasteiger partial charge in [0.2, 0.25) is 11.9 Å². The van der Waals surface area contributed by atoms with Crippen molar-refractivity contribution in [3.63, 3.8) is 0 Å². The van der Waals surface area contributed by atoms with Crippen molar-refractivity contribution in [2.45, 2.75) is 31.7 Å². The molecule has 0 saturated carbocycles. The molecule has 2 aromatic rings. The second-order valence-corrected chi connectivity index (χ2v) is 7.65. The Balaban J connectivity index is 1.53. The molecular formula is C22H26N4O2. The molecule has 2 heterocycles. The van der Waals surface area contributed by atoms with Gasteiger partial charge in [-0.1, -0.05) is 24.3 Å². The lowest BCUT2D eigenvalue weighted by Gasteiger charge is -2.49. The van der Waals surface area contributed by atoms with Crippen LogP contribution >= 0.6 is 0 Å². The summed E-state index contributed by atoms with van der Waals surface area (Å²) in [6, 6.07) is 9.89. The van der Waals surface area contributed by atoms with Crippen LogP contribution in [0.5, 0.6) is 5.75 Å². The zero-order chi connectivity index (χ0) is 19.4. The number of ether oxygens (including phenoxy) is 1. The van der Waals surface area contributed by atoms with Crippen LogP contribution in [0.25, 0.3) is 0 Å². The summed E-state index contributed by atoms with van der Waals surface area (Å²) in [5.74, 6) is 1.60. The van der Waals surface area contributed by atoms with Crippen LogP contribution in [-0.4, -0.2) is 42.1 Å². The smallest absolute Gasteiger partial charge is 0.230 e. The van der Waals surface area contributed by atoms with Gasteiger partial charge in [0.25, 0.3) is 0 Å². The Hall–Kier alpha value is -2.89. The van der Waals surface area contributed by atoms with Crippen LogP contribution in [0.1, 0.15) is 24.8 Å². The Morgan fingerprint density at radius 2 is 2.11 bits per heavy atom. The van der Waals surface area contributed by atoms with Crippen LogP contribution in [-0.2, 0) is 11.2 Å². The topological polar surface area (TPSA) is 67.3 Å². The standard InChI is InChI=1S/C22H26N4O2/c1-28-19-10-5-7-17(13-19)14-22(20(27)25-18-8-3-2-4-9-18)15-26(16-22)21-23-11-6-12-24-21/h3,5-8,10-13,18H,2,4,9,14-16H2,1H3,(H,25,27). The van der Waals surface area contributed by atoms with Crippen molar-refractivity contribution in [3.8, 4) is 5.75 Å².